The van der Waals surface area contributed by atoms with Gasteiger partial charge in [0.15, 0.2) is 0 Å². The van der Waals surface area contributed by atoms with E-state index in [4.69, 9.17) is 0 Å². The summed E-state index contributed by atoms with van der Waals surface area (Å²) < 4.78 is 0. The molecule has 2 fully saturated rings. The van der Waals surface area contributed by atoms with E-state index in [0.717, 1.165) is 25.3 Å². The number of piperidine rings is 1. The second-order valence-electron chi connectivity index (χ2n) is 6.34. The second kappa shape index (κ2) is 6.10. The van der Waals surface area contributed by atoms with Gasteiger partial charge in [0, 0.05) is 23.2 Å². The standard InChI is InChI=1S/C15H26N4S/c1-13-11-20-14(17-13)10-19-9-3-8-18(2)15(12-19)4-6-16-7-5-15/h11,16H,3-10,12H2,1-2H3. The third kappa shape index (κ3) is 3.06. The molecular weight excluding hydrogens is 268 g/mol. The van der Waals surface area contributed by atoms with E-state index in [1.807, 2.05) is 11.3 Å². The molecular formula is C15H26N4S. The van der Waals surface area contributed by atoms with E-state index in [1.165, 1.54) is 43.9 Å². The minimum Gasteiger partial charge on any atom is -0.317 e. The zero-order valence-electron chi connectivity index (χ0n) is 12.7. The highest BCUT2D eigenvalue weighted by Gasteiger charge is 2.39. The quantitative estimate of drug-likeness (QED) is 0.900. The van der Waals surface area contributed by atoms with Gasteiger partial charge in [-0.1, -0.05) is 0 Å². The van der Waals surface area contributed by atoms with Crippen LogP contribution in [0.1, 0.15) is 30.0 Å². The lowest BCUT2D eigenvalue weighted by Crippen LogP contribution is -2.57. The first kappa shape index (κ1) is 14.4. The maximum atomic E-state index is 4.64. The van der Waals surface area contributed by atoms with Crippen molar-refractivity contribution in [2.24, 2.45) is 0 Å². The first-order valence-corrected chi connectivity index (χ1v) is 8.61. The molecule has 4 nitrogen and oxygen atoms in total. The minimum atomic E-state index is 0.383. The van der Waals surface area contributed by atoms with Crippen LogP contribution in [0.15, 0.2) is 5.38 Å². The number of nitrogens with zero attached hydrogens (tertiary/aromatic N) is 3. The highest BCUT2D eigenvalue weighted by molar-refractivity contribution is 7.09. The van der Waals surface area contributed by atoms with Crippen LogP contribution in [0.2, 0.25) is 0 Å². The Morgan fingerprint density at radius 3 is 2.85 bits per heavy atom. The highest BCUT2D eigenvalue weighted by Crippen LogP contribution is 2.29. The number of aromatic nitrogens is 1. The van der Waals surface area contributed by atoms with E-state index in [2.05, 4.69) is 39.5 Å². The average Bonchev–Trinajstić information content (AvgIpc) is 2.78. The van der Waals surface area contributed by atoms with Crippen molar-refractivity contribution in [1.29, 1.82) is 0 Å². The number of aryl methyl sites for hydroxylation is 1. The molecule has 0 amide bonds. The van der Waals surface area contributed by atoms with Gasteiger partial charge in [0.05, 0.1) is 6.54 Å². The van der Waals surface area contributed by atoms with E-state index in [0.29, 0.717) is 5.54 Å². The van der Waals surface area contributed by atoms with Crippen LogP contribution in [0.4, 0.5) is 0 Å². The molecule has 0 bridgehead atoms. The van der Waals surface area contributed by atoms with Crippen molar-refractivity contribution in [3.05, 3.63) is 16.1 Å². The van der Waals surface area contributed by atoms with Gasteiger partial charge in [0.1, 0.15) is 5.01 Å². The lowest BCUT2D eigenvalue weighted by Gasteiger charge is -2.45. The fourth-order valence-corrected chi connectivity index (χ4v) is 4.43. The maximum absolute atomic E-state index is 4.64. The van der Waals surface area contributed by atoms with Crippen LogP contribution in [-0.2, 0) is 6.54 Å². The van der Waals surface area contributed by atoms with Gasteiger partial charge in [-0.25, -0.2) is 4.98 Å². The van der Waals surface area contributed by atoms with Gasteiger partial charge in [0.2, 0.25) is 0 Å². The Bertz CT molecular complexity index is 439. The summed E-state index contributed by atoms with van der Waals surface area (Å²) in [6.07, 6.45) is 3.82. The third-order valence-corrected chi connectivity index (χ3v) is 5.81. The molecule has 2 aliphatic heterocycles. The molecule has 20 heavy (non-hydrogen) atoms. The molecule has 0 atom stereocenters. The third-order valence-electron chi connectivity index (χ3n) is 4.86. The van der Waals surface area contributed by atoms with Crippen LogP contribution in [0.25, 0.3) is 0 Å². The van der Waals surface area contributed by atoms with Gasteiger partial charge in [-0.05, 0) is 59.4 Å². The molecule has 112 valence electrons. The zero-order chi connectivity index (χ0) is 14.0. The summed E-state index contributed by atoms with van der Waals surface area (Å²) in [5, 5.41) is 6.95. The zero-order valence-corrected chi connectivity index (χ0v) is 13.5. The molecule has 5 heteroatoms. The molecule has 0 aliphatic carbocycles. The number of likely N-dealkylation sites (N-methyl/N-ethyl adjacent to an activating group) is 1. The summed E-state index contributed by atoms with van der Waals surface area (Å²) in [7, 11) is 2.32. The first-order chi connectivity index (χ1) is 9.68. The number of thiazole rings is 1. The predicted molar refractivity (Wildman–Crippen MR) is 84.2 cm³/mol. The highest BCUT2D eigenvalue weighted by atomic mass is 32.1. The van der Waals surface area contributed by atoms with E-state index in [9.17, 15) is 0 Å². The molecule has 1 N–H and O–H groups in total. The number of hydrogen-bond acceptors (Lipinski definition) is 5. The Morgan fingerprint density at radius 1 is 1.35 bits per heavy atom. The molecule has 2 saturated heterocycles. The second-order valence-corrected chi connectivity index (χ2v) is 7.29. The first-order valence-electron chi connectivity index (χ1n) is 7.73. The van der Waals surface area contributed by atoms with Crippen LogP contribution in [0.5, 0.6) is 0 Å². The Labute approximate surface area is 126 Å². The molecule has 2 aliphatic rings. The SMILES string of the molecule is Cc1csc(CN2CCCN(C)C3(CCNCC3)C2)n1. The molecule has 1 aromatic heterocycles. The van der Waals surface area contributed by atoms with E-state index in [-0.39, 0.29) is 0 Å². The number of hydrogen-bond donors (Lipinski definition) is 1. The molecule has 0 radical (unpaired) electrons. The maximum Gasteiger partial charge on any atom is 0.107 e. The smallest absolute Gasteiger partial charge is 0.107 e. The molecule has 0 unspecified atom stereocenters. The molecule has 1 spiro atoms. The summed E-state index contributed by atoms with van der Waals surface area (Å²) in [5.74, 6) is 0. The number of rotatable bonds is 2. The average molecular weight is 294 g/mol. The lowest BCUT2D eigenvalue weighted by atomic mass is 9.86. The van der Waals surface area contributed by atoms with Crippen molar-refractivity contribution in [2.45, 2.75) is 38.3 Å². The largest absolute Gasteiger partial charge is 0.317 e. The van der Waals surface area contributed by atoms with Gasteiger partial charge >= 0.3 is 0 Å². The van der Waals surface area contributed by atoms with Crippen molar-refractivity contribution in [2.75, 3.05) is 39.8 Å². The Morgan fingerprint density at radius 2 is 2.15 bits per heavy atom. The Hall–Kier alpha value is -0.490. The topological polar surface area (TPSA) is 31.4 Å². The Kier molecular flexibility index (Phi) is 4.40. The van der Waals surface area contributed by atoms with Crippen molar-refractivity contribution < 1.29 is 0 Å². The van der Waals surface area contributed by atoms with Gasteiger partial charge in [-0.3, -0.25) is 9.80 Å². The fraction of sp³-hybridized carbons (Fsp3) is 0.800. The van der Waals surface area contributed by atoms with Gasteiger partial charge in [-0.15, -0.1) is 11.3 Å². The van der Waals surface area contributed by atoms with Crippen LogP contribution >= 0.6 is 11.3 Å². The molecule has 0 saturated carbocycles. The lowest BCUT2D eigenvalue weighted by molar-refractivity contribution is 0.0637. The van der Waals surface area contributed by atoms with Crippen molar-refractivity contribution in [3.8, 4) is 0 Å². The van der Waals surface area contributed by atoms with Crippen LogP contribution in [0.3, 0.4) is 0 Å². The fourth-order valence-electron chi connectivity index (χ4n) is 3.62. The summed E-state index contributed by atoms with van der Waals surface area (Å²) >= 11 is 1.81. The summed E-state index contributed by atoms with van der Waals surface area (Å²) in [4.78, 5) is 9.90. The molecule has 0 aromatic carbocycles. The van der Waals surface area contributed by atoms with Gasteiger partial charge < -0.3 is 5.32 Å². The van der Waals surface area contributed by atoms with Crippen LogP contribution < -0.4 is 5.32 Å². The summed E-state index contributed by atoms with van der Waals surface area (Å²) in [6, 6.07) is 0. The van der Waals surface area contributed by atoms with Crippen LogP contribution in [0, 0.1) is 6.92 Å². The van der Waals surface area contributed by atoms with E-state index in [1.54, 1.807) is 0 Å². The van der Waals surface area contributed by atoms with Crippen molar-refractivity contribution in [1.82, 2.24) is 20.1 Å². The van der Waals surface area contributed by atoms with Crippen LogP contribution in [-0.4, -0.2) is 60.1 Å². The van der Waals surface area contributed by atoms with Crippen molar-refractivity contribution >= 4 is 11.3 Å². The molecule has 3 rings (SSSR count). The van der Waals surface area contributed by atoms with E-state index >= 15 is 0 Å². The number of nitrogens with one attached hydrogen (secondary N) is 1. The van der Waals surface area contributed by atoms with Gasteiger partial charge in [-0.2, -0.15) is 0 Å². The van der Waals surface area contributed by atoms with E-state index < -0.39 is 0 Å². The minimum absolute atomic E-state index is 0.383. The predicted octanol–water partition coefficient (Wildman–Crippen LogP) is 1.71. The summed E-state index contributed by atoms with van der Waals surface area (Å²) in [5.41, 5.74) is 1.54. The Balaban J connectivity index is 1.71. The normalized spacial score (nSPS) is 24.9. The monoisotopic (exact) mass is 294 g/mol. The molecule has 1 aromatic rings. The van der Waals surface area contributed by atoms with Gasteiger partial charge in [0.25, 0.3) is 0 Å². The summed E-state index contributed by atoms with van der Waals surface area (Å²) in [6.45, 7) is 9.07. The molecule has 3 heterocycles. The van der Waals surface area contributed by atoms with Crippen molar-refractivity contribution in [3.63, 3.8) is 0 Å².